The molecule has 45 heavy (non-hydrogen) atoms. The molecule has 6 rings (SSSR count). The molecule has 2 aromatic carbocycles. The highest BCUT2D eigenvalue weighted by atomic mass is 32.2. The van der Waals surface area contributed by atoms with E-state index in [1.807, 2.05) is 47.8 Å². The number of fused-ring (bicyclic) bond motifs is 3. The van der Waals surface area contributed by atoms with Gasteiger partial charge in [-0.25, -0.2) is 9.78 Å². The highest BCUT2D eigenvalue weighted by molar-refractivity contribution is 7.99. The number of carbonyl (C=O) groups excluding carboxylic acids is 2. The third-order valence-corrected chi connectivity index (χ3v) is 10.9. The number of carbonyl (C=O) groups is 2. The fraction of sp³-hybridized carbons (Fsp3) is 0.314. The van der Waals surface area contributed by atoms with Gasteiger partial charge in [0.15, 0.2) is 5.16 Å². The van der Waals surface area contributed by atoms with E-state index in [-0.39, 0.29) is 29.2 Å². The fourth-order valence-corrected chi connectivity index (χ4v) is 8.69. The van der Waals surface area contributed by atoms with Crippen LogP contribution in [0.3, 0.4) is 0 Å². The Morgan fingerprint density at radius 2 is 1.78 bits per heavy atom. The number of ether oxygens (including phenoxy) is 1. The SMILES string of the molecule is CCOC(=O)c1c(-c2ccc(C(C)(C)C)cc2)csc1NC(=O)CSc1nc2sc3c(c2c(=O)n1-c1ccccc1)CCCC3. The molecule has 0 aliphatic heterocycles. The van der Waals surface area contributed by atoms with Gasteiger partial charge in [-0.15, -0.1) is 22.7 Å². The normalized spacial score (nSPS) is 13.1. The molecule has 0 saturated heterocycles. The van der Waals surface area contributed by atoms with E-state index in [9.17, 15) is 14.4 Å². The number of thioether (sulfide) groups is 1. The van der Waals surface area contributed by atoms with Gasteiger partial charge in [0, 0.05) is 15.8 Å². The number of anilines is 1. The van der Waals surface area contributed by atoms with Crippen LogP contribution in [0.5, 0.6) is 0 Å². The highest BCUT2D eigenvalue weighted by Crippen LogP contribution is 2.38. The van der Waals surface area contributed by atoms with Crippen LogP contribution in [0.4, 0.5) is 5.00 Å². The summed E-state index contributed by atoms with van der Waals surface area (Å²) in [6.07, 6.45) is 4.05. The van der Waals surface area contributed by atoms with Crippen molar-refractivity contribution in [2.75, 3.05) is 17.7 Å². The molecule has 7 nitrogen and oxygen atoms in total. The topological polar surface area (TPSA) is 90.3 Å². The second-order valence-electron chi connectivity index (χ2n) is 12.0. The molecule has 1 amide bonds. The second-order valence-corrected chi connectivity index (χ2v) is 14.9. The summed E-state index contributed by atoms with van der Waals surface area (Å²) < 4.78 is 7.02. The average Bonchev–Trinajstić information content (AvgIpc) is 3.62. The lowest BCUT2D eigenvalue weighted by Crippen LogP contribution is -2.23. The molecular weight excluding hydrogens is 623 g/mol. The summed E-state index contributed by atoms with van der Waals surface area (Å²) in [4.78, 5) is 47.4. The van der Waals surface area contributed by atoms with Crippen LogP contribution < -0.4 is 10.9 Å². The summed E-state index contributed by atoms with van der Waals surface area (Å²) in [7, 11) is 0. The van der Waals surface area contributed by atoms with Gasteiger partial charge in [0.2, 0.25) is 5.91 Å². The minimum Gasteiger partial charge on any atom is -0.462 e. The van der Waals surface area contributed by atoms with Crippen LogP contribution in [-0.2, 0) is 27.8 Å². The number of amides is 1. The van der Waals surface area contributed by atoms with E-state index < -0.39 is 5.97 Å². The van der Waals surface area contributed by atoms with Crippen molar-refractivity contribution in [1.82, 2.24) is 9.55 Å². The van der Waals surface area contributed by atoms with E-state index in [4.69, 9.17) is 9.72 Å². The Bertz CT molecular complexity index is 1930. The molecule has 5 aromatic rings. The zero-order chi connectivity index (χ0) is 31.7. The zero-order valence-corrected chi connectivity index (χ0v) is 28.2. The van der Waals surface area contributed by atoms with Gasteiger partial charge >= 0.3 is 5.97 Å². The Hall–Kier alpha value is -3.73. The predicted octanol–water partition coefficient (Wildman–Crippen LogP) is 8.26. The van der Waals surface area contributed by atoms with Gasteiger partial charge in [-0.3, -0.25) is 14.2 Å². The van der Waals surface area contributed by atoms with Crippen LogP contribution in [-0.4, -0.2) is 33.8 Å². The molecule has 3 aromatic heterocycles. The number of rotatable bonds is 8. The number of benzene rings is 2. The van der Waals surface area contributed by atoms with Gasteiger partial charge in [-0.2, -0.15) is 0 Å². The van der Waals surface area contributed by atoms with E-state index in [1.165, 1.54) is 33.5 Å². The van der Waals surface area contributed by atoms with E-state index in [1.54, 1.807) is 22.8 Å². The number of nitrogens with zero attached hydrogens (tertiary/aromatic N) is 2. The summed E-state index contributed by atoms with van der Waals surface area (Å²) in [6.45, 7) is 8.45. The Kier molecular flexibility index (Phi) is 8.99. The van der Waals surface area contributed by atoms with E-state index in [0.29, 0.717) is 32.4 Å². The molecule has 0 unspecified atom stereocenters. The van der Waals surface area contributed by atoms with Crippen molar-refractivity contribution in [2.24, 2.45) is 0 Å². The lowest BCUT2D eigenvalue weighted by molar-refractivity contribution is -0.113. The van der Waals surface area contributed by atoms with Crippen molar-refractivity contribution in [1.29, 1.82) is 0 Å². The molecule has 1 aliphatic rings. The summed E-state index contributed by atoms with van der Waals surface area (Å²) in [5, 5.41) is 6.42. The highest BCUT2D eigenvalue weighted by Gasteiger charge is 2.26. The van der Waals surface area contributed by atoms with Gasteiger partial charge in [0.1, 0.15) is 15.4 Å². The first kappa shape index (κ1) is 31.3. The predicted molar refractivity (Wildman–Crippen MR) is 186 cm³/mol. The van der Waals surface area contributed by atoms with Gasteiger partial charge < -0.3 is 10.1 Å². The summed E-state index contributed by atoms with van der Waals surface area (Å²) in [5.74, 6) is -0.782. The number of para-hydroxylation sites is 1. The Balaban J connectivity index is 1.29. The number of nitrogens with one attached hydrogen (secondary N) is 1. The number of hydrogen-bond donors (Lipinski definition) is 1. The van der Waals surface area contributed by atoms with Crippen LogP contribution in [0.15, 0.2) is 69.9 Å². The monoisotopic (exact) mass is 657 g/mol. The number of aromatic nitrogens is 2. The van der Waals surface area contributed by atoms with Crippen LogP contribution in [0.2, 0.25) is 0 Å². The molecule has 0 spiro atoms. The van der Waals surface area contributed by atoms with Crippen LogP contribution >= 0.6 is 34.4 Å². The number of aryl methyl sites for hydroxylation is 2. The van der Waals surface area contributed by atoms with E-state index in [0.717, 1.165) is 41.6 Å². The van der Waals surface area contributed by atoms with Crippen molar-refractivity contribution in [3.8, 4) is 16.8 Å². The first-order valence-electron chi connectivity index (χ1n) is 15.1. The van der Waals surface area contributed by atoms with Crippen molar-refractivity contribution in [3.05, 3.63) is 91.9 Å². The molecule has 0 atom stereocenters. The second kappa shape index (κ2) is 12.9. The molecule has 0 saturated carbocycles. The maximum absolute atomic E-state index is 14.0. The maximum atomic E-state index is 14.0. The largest absolute Gasteiger partial charge is 0.462 e. The van der Waals surface area contributed by atoms with Gasteiger partial charge in [0.05, 0.1) is 23.4 Å². The lowest BCUT2D eigenvalue weighted by atomic mass is 9.86. The fourth-order valence-electron chi connectivity index (χ4n) is 5.60. The minimum atomic E-state index is -0.483. The number of hydrogen-bond acceptors (Lipinski definition) is 8. The first-order valence-corrected chi connectivity index (χ1v) is 17.8. The van der Waals surface area contributed by atoms with Gasteiger partial charge in [-0.1, -0.05) is 75.0 Å². The summed E-state index contributed by atoms with van der Waals surface area (Å²) in [6, 6.07) is 17.6. The minimum absolute atomic E-state index is 0.00171. The van der Waals surface area contributed by atoms with E-state index >= 15 is 0 Å². The first-order chi connectivity index (χ1) is 21.7. The number of esters is 1. The third-order valence-electron chi connectivity index (χ3n) is 7.89. The molecule has 232 valence electrons. The van der Waals surface area contributed by atoms with Crippen LogP contribution in [0, 0.1) is 0 Å². The molecule has 3 heterocycles. The van der Waals surface area contributed by atoms with Gasteiger partial charge in [-0.05, 0) is 66.8 Å². The smallest absolute Gasteiger partial charge is 0.341 e. The Labute approximate surface area is 274 Å². The van der Waals surface area contributed by atoms with Crippen molar-refractivity contribution >= 4 is 61.5 Å². The number of thiophene rings is 2. The molecule has 0 fully saturated rings. The maximum Gasteiger partial charge on any atom is 0.341 e. The Morgan fingerprint density at radius 3 is 2.49 bits per heavy atom. The van der Waals surface area contributed by atoms with Crippen LogP contribution in [0.25, 0.3) is 27.0 Å². The molecule has 0 bridgehead atoms. The third kappa shape index (κ3) is 6.36. The van der Waals surface area contributed by atoms with Crippen molar-refractivity contribution in [3.63, 3.8) is 0 Å². The molecule has 0 radical (unpaired) electrons. The quantitative estimate of drug-likeness (QED) is 0.103. The van der Waals surface area contributed by atoms with Crippen molar-refractivity contribution in [2.45, 2.75) is 63.9 Å². The molecule has 1 aliphatic carbocycles. The Morgan fingerprint density at radius 1 is 1.04 bits per heavy atom. The van der Waals surface area contributed by atoms with Crippen LogP contribution in [0.1, 0.15) is 66.9 Å². The lowest BCUT2D eigenvalue weighted by Gasteiger charge is -2.19. The average molecular weight is 658 g/mol. The molecular formula is C35H35N3O4S3. The van der Waals surface area contributed by atoms with E-state index in [2.05, 4.69) is 38.2 Å². The van der Waals surface area contributed by atoms with Gasteiger partial charge in [0.25, 0.3) is 5.56 Å². The zero-order valence-electron chi connectivity index (χ0n) is 25.8. The summed E-state index contributed by atoms with van der Waals surface area (Å²) in [5.41, 5.74) is 4.86. The van der Waals surface area contributed by atoms with Crippen molar-refractivity contribution < 1.29 is 14.3 Å². The summed E-state index contributed by atoms with van der Waals surface area (Å²) >= 11 is 4.10. The molecule has 10 heteroatoms. The standard InChI is InChI=1S/C35H35N3O4S3/c1-5-42-33(41)29-25(21-15-17-22(18-16-21)35(2,3)4)19-43-30(29)36-27(39)20-44-34-37-31-28(24-13-9-10-14-26(24)45-31)32(40)38(34)23-11-7-6-8-12-23/h6-8,11-12,15-19H,5,9-10,13-14,20H2,1-4H3,(H,36,39). The molecule has 1 N–H and O–H groups in total.